The fourth-order valence-corrected chi connectivity index (χ4v) is 3.93. The molecule has 7 nitrogen and oxygen atoms in total. The zero-order valence-electron chi connectivity index (χ0n) is 14.6. The summed E-state index contributed by atoms with van der Waals surface area (Å²) >= 11 is 2.00. The van der Waals surface area contributed by atoms with Gasteiger partial charge in [0.1, 0.15) is 5.69 Å². The number of aromatic nitrogens is 2. The zero-order chi connectivity index (χ0) is 17.8. The Balaban J connectivity index is 1.69. The third-order valence-corrected chi connectivity index (χ3v) is 5.32. The minimum absolute atomic E-state index is 0.0763. The smallest absolute Gasteiger partial charge is 0.333 e. The second kappa shape index (κ2) is 7.77. The van der Waals surface area contributed by atoms with Crippen molar-refractivity contribution >= 4 is 29.0 Å². The molecule has 0 spiro atoms. The van der Waals surface area contributed by atoms with Crippen LogP contribution < -0.4 is 10.2 Å². The maximum atomic E-state index is 11.4. The molecule has 0 aliphatic carbocycles. The fraction of sp³-hybridized carbons (Fsp3) is 0.471. The summed E-state index contributed by atoms with van der Waals surface area (Å²) in [5.41, 5.74) is 2.91. The van der Waals surface area contributed by atoms with Crippen molar-refractivity contribution in [3.8, 4) is 0 Å². The molecule has 0 radical (unpaired) electrons. The highest BCUT2D eigenvalue weighted by Gasteiger charge is 2.25. The van der Waals surface area contributed by atoms with Crippen molar-refractivity contribution in [2.24, 2.45) is 7.05 Å². The molecule has 0 saturated carbocycles. The molecule has 0 amide bonds. The van der Waals surface area contributed by atoms with Crippen LogP contribution in [-0.4, -0.2) is 39.3 Å². The van der Waals surface area contributed by atoms with Crippen molar-refractivity contribution in [3.63, 3.8) is 0 Å². The Labute approximate surface area is 151 Å². The lowest BCUT2D eigenvalue weighted by Gasteiger charge is -2.28. The molecule has 134 valence electrons. The molecule has 1 saturated heterocycles. The predicted molar refractivity (Wildman–Crippen MR) is 103 cm³/mol. The van der Waals surface area contributed by atoms with Crippen LogP contribution in [0.5, 0.6) is 0 Å². The molecule has 1 aromatic carbocycles. The molecule has 2 heterocycles. The van der Waals surface area contributed by atoms with Crippen molar-refractivity contribution in [1.29, 1.82) is 0 Å². The molecule has 0 atom stereocenters. The number of aryl methyl sites for hydroxylation is 2. The van der Waals surface area contributed by atoms with Crippen LogP contribution in [0.25, 0.3) is 0 Å². The number of benzene rings is 1. The van der Waals surface area contributed by atoms with Gasteiger partial charge in [0.05, 0.1) is 4.92 Å². The van der Waals surface area contributed by atoms with Gasteiger partial charge in [-0.2, -0.15) is 16.9 Å². The lowest BCUT2D eigenvalue weighted by atomic mass is 10.2. The number of nitrogens with one attached hydrogen (secondary N) is 1. The van der Waals surface area contributed by atoms with Crippen LogP contribution in [0.3, 0.4) is 0 Å². The predicted octanol–water partition coefficient (Wildman–Crippen LogP) is 3.06. The van der Waals surface area contributed by atoms with Gasteiger partial charge in [-0.1, -0.05) is 19.1 Å². The SMILES string of the molecule is CCc1nn(C)c(NCc2ccc(N3CCSCC3)cc2)c1[N+](=O)[O-]. The van der Waals surface area contributed by atoms with Crippen LogP contribution in [-0.2, 0) is 20.0 Å². The first-order valence-corrected chi connectivity index (χ1v) is 9.61. The topological polar surface area (TPSA) is 76.2 Å². The van der Waals surface area contributed by atoms with Gasteiger partial charge in [-0.05, 0) is 24.1 Å². The first kappa shape index (κ1) is 17.6. The van der Waals surface area contributed by atoms with E-state index in [1.807, 2.05) is 18.7 Å². The highest BCUT2D eigenvalue weighted by molar-refractivity contribution is 7.99. The maximum Gasteiger partial charge on any atom is 0.333 e. The molecular formula is C17H23N5O2S. The van der Waals surface area contributed by atoms with E-state index in [1.54, 1.807) is 11.7 Å². The zero-order valence-corrected chi connectivity index (χ0v) is 15.4. The van der Waals surface area contributed by atoms with Gasteiger partial charge in [0.2, 0.25) is 5.82 Å². The Morgan fingerprint density at radius 3 is 2.56 bits per heavy atom. The monoisotopic (exact) mass is 361 g/mol. The van der Waals surface area contributed by atoms with Gasteiger partial charge in [-0.3, -0.25) is 10.1 Å². The quantitative estimate of drug-likeness (QED) is 0.629. The number of rotatable bonds is 6. The lowest BCUT2D eigenvalue weighted by Crippen LogP contribution is -2.32. The molecule has 3 rings (SSSR count). The van der Waals surface area contributed by atoms with Crippen molar-refractivity contribution < 1.29 is 4.92 Å². The van der Waals surface area contributed by atoms with Crippen LogP contribution in [0.15, 0.2) is 24.3 Å². The van der Waals surface area contributed by atoms with Crippen LogP contribution in [0.2, 0.25) is 0 Å². The summed E-state index contributed by atoms with van der Waals surface area (Å²) in [7, 11) is 1.73. The first-order valence-electron chi connectivity index (χ1n) is 8.46. The van der Waals surface area contributed by atoms with E-state index >= 15 is 0 Å². The summed E-state index contributed by atoms with van der Waals surface area (Å²) < 4.78 is 1.55. The molecule has 0 unspecified atom stereocenters. The van der Waals surface area contributed by atoms with E-state index in [0.29, 0.717) is 24.5 Å². The molecule has 8 heteroatoms. The summed E-state index contributed by atoms with van der Waals surface area (Å²) in [6.07, 6.45) is 0.536. The third-order valence-electron chi connectivity index (χ3n) is 4.38. The summed E-state index contributed by atoms with van der Waals surface area (Å²) in [4.78, 5) is 13.4. The Bertz CT molecular complexity index is 738. The molecule has 1 fully saturated rings. The maximum absolute atomic E-state index is 11.4. The van der Waals surface area contributed by atoms with Gasteiger partial charge in [-0.25, -0.2) is 4.68 Å². The van der Waals surface area contributed by atoms with Gasteiger partial charge in [0.25, 0.3) is 0 Å². The van der Waals surface area contributed by atoms with Crippen molar-refractivity contribution in [1.82, 2.24) is 9.78 Å². The Morgan fingerprint density at radius 2 is 1.96 bits per heavy atom. The van der Waals surface area contributed by atoms with E-state index in [4.69, 9.17) is 0 Å². The summed E-state index contributed by atoms with van der Waals surface area (Å²) in [5, 5.41) is 18.8. The number of nitro groups is 1. The van der Waals surface area contributed by atoms with Gasteiger partial charge < -0.3 is 10.2 Å². The van der Waals surface area contributed by atoms with E-state index < -0.39 is 0 Å². The minimum Gasteiger partial charge on any atom is -0.370 e. The summed E-state index contributed by atoms with van der Waals surface area (Å²) in [6.45, 7) is 4.57. The average molecular weight is 361 g/mol. The second-order valence-corrected chi connectivity index (χ2v) is 7.22. The molecule has 1 aromatic heterocycles. The normalized spacial score (nSPS) is 14.6. The van der Waals surface area contributed by atoms with Crippen LogP contribution in [0.4, 0.5) is 17.2 Å². The highest BCUT2D eigenvalue weighted by atomic mass is 32.2. The largest absolute Gasteiger partial charge is 0.370 e. The lowest BCUT2D eigenvalue weighted by molar-refractivity contribution is -0.384. The van der Waals surface area contributed by atoms with Crippen molar-refractivity contribution in [2.75, 3.05) is 34.8 Å². The number of thioether (sulfide) groups is 1. The van der Waals surface area contributed by atoms with Crippen LogP contribution in [0.1, 0.15) is 18.2 Å². The molecule has 1 N–H and O–H groups in total. The molecule has 1 aliphatic heterocycles. The molecule has 2 aromatic rings. The second-order valence-electron chi connectivity index (χ2n) is 6.00. The fourth-order valence-electron chi connectivity index (χ4n) is 3.03. The average Bonchev–Trinajstić information content (AvgIpc) is 2.97. The first-order chi connectivity index (χ1) is 12.1. The highest BCUT2D eigenvalue weighted by Crippen LogP contribution is 2.29. The number of nitrogens with zero attached hydrogens (tertiary/aromatic N) is 4. The van der Waals surface area contributed by atoms with E-state index in [2.05, 4.69) is 39.6 Å². The van der Waals surface area contributed by atoms with Crippen molar-refractivity contribution in [2.45, 2.75) is 19.9 Å². The van der Waals surface area contributed by atoms with Crippen LogP contribution in [0, 0.1) is 10.1 Å². The van der Waals surface area contributed by atoms with E-state index in [-0.39, 0.29) is 10.6 Å². The molecular weight excluding hydrogens is 338 g/mol. The standard InChI is InChI=1S/C17H23N5O2S/c1-3-15-16(22(23)24)17(20(2)19-15)18-12-13-4-6-14(7-5-13)21-8-10-25-11-9-21/h4-7,18H,3,8-12H2,1-2H3. The number of hydrogen-bond acceptors (Lipinski definition) is 6. The van der Waals surface area contributed by atoms with E-state index in [1.165, 1.54) is 17.2 Å². The Morgan fingerprint density at radius 1 is 1.28 bits per heavy atom. The molecule has 0 bridgehead atoms. The van der Waals surface area contributed by atoms with Gasteiger partial charge in [-0.15, -0.1) is 0 Å². The van der Waals surface area contributed by atoms with Gasteiger partial charge >= 0.3 is 5.69 Å². The van der Waals surface area contributed by atoms with Gasteiger partial charge in [0.15, 0.2) is 0 Å². The Hall–Kier alpha value is -2.22. The molecule has 1 aliphatic rings. The third kappa shape index (κ3) is 3.89. The minimum atomic E-state index is -0.356. The van der Waals surface area contributed by atoms with E-state index in [9.17, 15) is 10.1 Å². The van der Waals surface area contributed by atoms with Gasteiger partial charge in [0, 0.05) is 43.9 Å². The molecule has 25 heavy (non-hydrogen) atoms. The summed E-state index contributed by atoms with van der Waals surface area (Å²) in [5.74, 6) is 2.81. The number of anilines is 2. The number of hydrogen-bond donors (Lipinski definition) is 1. The van der Waals surface area contributed by atoms with E-state index in [0.717, 1.165) is 18.7 Å². The Kier molecular flexibility index (Phi) is 5.47. The van der Waals surface area contributed by atoms with Crippen LogP contribution >= 0.6 is 11.8 Å². The van der Waals surface area contributed by atoms with Crippen molar-refractivity contribution in [3.05, 3.63) is 45.6 Å². The summed E-state index contributed by atoms with van der Waals surface area (Å²) in [6, 6.07) is 8.41.